The van der Waals surface area contributed by atoms with E-state index in [4.69, 9.17) is 0 Å². The Hall–Kier alpha value is -1.55. The van der Waals surface area contributed by atoms with Gasteiger partial charge < -0.3 is 10.6 Å². The van der Waals surface area contributed by atoms with Gasteiger partial charge in [0, 0.05) is 43.5 Å². The van der Waals surface area contributed by atoms with Crippen LogP contribution in [-0.2, 0) is 4.79 Å². The zero-order chi connectivity index (χ0) is 14.7. The minimum atomic E-state index is -0.0304. The van der Waals surface area contributed by atoms with E-state index >= 15 is 0 Å². The second kappa shape index (κ2) is 6.27. The molecule has 1 unspecified atom stereocenters. The standard InChI is InChI=1S/C16H25N3O/c1-11(2)19-8-7-15(10-19)18-14-5-6-16(12(3)9-14)17-13(4)20/h5-6,9,11,15,18H,7-8,10H2,1-4H3,(H,17,20). The van der Waals surface area contributed by atoms with E-state index in [1.54, 1.807) is 0 Å². The maximum Gasteiger partial charge on any atom is 0.221 e. The van der Waals surface area contributed by atoms with E-state index in [1.165, 1.54) is 13.3 Å². The summed E-state index contributed by atoms with van der Waals surface area (Å²) in [6.07, 6.45) is 1.19. The van der Waals surface area contributed by atoms with Crippen LogP contribution in [-0.4, -0.2) is 36.0 Å². The molecule has 1 aliphatic rings. The predicted octanol–water partition coefficient (Wildman–Crippen LogP) is 2.85. The van der Waals surface area contributed by atoms with Crippen LogP contribution in [0.25, 0.3) is 0 Å². The van der Waals surface area contributed by atoms with E-state index in [1.807, 2.05) is 19.1 Å². The number of nitrogens with one attached hydrogen (secondary N) is 2. The van der Waals surface area contributed by atoms with Crippen molar-refractivity contribution in [3.05, 3.63) is 23.8 Å². The van der Waals surface area contributed by atoms with Crippen LogP contribution in [0.1, 0.15) is 32.8 Å². The summed E-state index contributed by atoms with van der Waals surface area (Å²) < 4.78 is 0. The second-order valence-electron chi connectivity index (χ2n) is 5.93. The minimum absolute atomic E-state index is 0.0304. The van der Waals surface area contributed by atoms with Crippen molar-refractivity contribution in [3.63, 3.8) is 0 Å². The van der Waals surface area contributed by atoms with Crippen molar-refractivity contribution in [1.29, 1.82) is 0 Å². The topological polar surface area (TPSA) is 44.4 Å². The van der Waals surface area contributed by atoms with Gasteiger partial charge in [0.1, 0.15) is 0 Å². The average Bonchev–Trinajstić information content (AvgIpc) is 2.81. The normalized spacial score (nSPS) is 19.4. The summed E-state index contributed by atoms with van der Waals surface area (Å²) in [5, 5.41) is 6.43. The Balaban J connectivity index is 1.97. The first kappa shape index (κ1) is 14.9. The third-order valence-corrected chi connectivity index (χ3v) is 3.86. The fourth-order valence-electron chi connectivity index (χ4n) is 2.69. The highest BCUT2D eigenvalue weighted by Gasteiger charge is 2.23. The van der Waals surface area contributed by atoms with Crippen LogP contribution in [0.4, 0.5) is 11.4 Å². The largest absolute Gasteiger partial charge is 0.381 e. The summed E-state index contributed by atoms with van der Waals surface area (Å²) in [5.41, 5.74) is 3.11. The zero-order valence-electron chi connectivity index (χ0n) is 12.9. The first-order valence-electron chi connectivity index (χ1n) is 7.34. The molecule has 20 heavy (non-hydrogen) atoms. The van der Waals surface area contributed by atoms with E-state index < -0.39 is 0 Å². The molecule has 0 saturated carbocycles. The maximum absolute atomic E-state index is 11.1. The molecular weight excluding hydrogens is 250 g/mol. The molecule has 0 spiro atoms. The number of nitrogens with zero attached hydrogens (tertiary/aromatic N) is 1. The smallest absolute Gasteiger partial charge is 0.221 e. The molecule has 0 aliphatic carbocycles. The van der Waals surface area contributed by atoms with Crippen molar-refractivity contribution in [3.8, 4) is 0 Å². The average molecular weight is 275 g/mol. The number of carbonyl (C=O) groups is 1. The number of anilines is 2. The molecule has 0 radical (unpaired) electrons. The third-order valence-electron chi connectivity index (χ3n) is 3.86. The molecule has 0 bridgehead atoms. The van der Waals surface area contributed by atoms with Crippen molar-refractivity contribution in [1.82, 2.24) is 4.90 Å². The molecule has 1 fully saturated rings. The molecule has 110 valence electrons. The van der Waals surface area contributed by atoms with Gasteiger partial charge in [-0.3, -0.25) is 9.69 Å². The van der Waals surface area contributed by atoms with Gasteiger partial charge in [0.05, 0.1) is 0 Å². The lowest BCUT2D eigenvalue weighted by atomic mass is 10.1. The highest BCUT2D eigenvalue weighted by molar-refractivity contribution is 5.89. The second-order valence-corrected chi connectivity index (χ2v) is 5.93. The fourth-order valence-corrected chi connectivity index (χ4v) is 2.69. The summed E-state index contributed by atoms with van der Waals surface area (Å²) >= 11 is 0. The Labute approximate surface area is 121 Å². The summed E-state index contributed by atoms with van der Waals surface area (Å²) in [7, 11) is 0. The molecule has 1 amide bonds. The van der Waals surface area contributed by atoms with E-state index in [-0.39, 0.29) is 5.91 Å². The van der Waals surface area contributed by atoms with Crippen LogP contribution >= 0.6 is 0 Å². The SMILES string of the molecule is CC(=O)Nc1ccc(NC2CCN(C(C)C)C2)cc1C. The van der Waals surface area contributed by atoms with Crippen LogP contribution < -0.4 is 10.6 Å². The van der Waals surface area contributed by atoms with Gasteiger partial charge >= 0.3 is 0 Å². The minimum Gasteiger partial charge on any atom is -0.381 e. The van der Waals surface area contributed by atoms with Gasteiger partial charge in [0.25, 0.3) is 0 Å². The van der Waals surface area contributed by atoms with E-state index in [0.717, 1.165) is 30.0 Å². The van der Waals surface area contributed by atoms with Crippen molar-refractivity contribution in [2.24, 2.45) is 0 Å². The summed E-state index contributed by atoms with van der Waals surface area (Å²) in [5.74, 6) is -0.0304. The number of benzene rings is 1. The van der Waals surface area contributed by atoms with Crippen molar-refractivity contribution in [2.45, 2.75) is 46.2 Å². The Kier molecular flexibility index (Phi) is 4.65. The lowest BCUT2D eigenvalue weighted by Gasteiger charge is -2.21. The van der Waals surface area contributed by atoms with Gasteiger partial charge in [0.2, 0.25) is 5.91 Å². The molecule has 1 atom stereocenters. The zero-order valence-corrected chi connectivity index (χ0v) is 12.9. The molecule has 2 N–H and O–H groups in total. The highest BCUT2D eigenvalue weighted by Crippen LogP contribution is 2.22. The molecule has 1 aliphatic heterocycles. The van der Waals surface area contributed by atoms with Crippen molar-refractivity contribution >= 4 is 17.3 Å². The molecule has 1 aromatic rings. The van der Waals surface area contributed by atoms with Gasteiger partial charge in [-0.25, -0.2) is 0 Å². The Bertz CT molecular complexity index is 485. The Morgan fingerprint density at radius 3 is 2.70 bits per heavy atom. The molecule has 4 heteroatoms. The monoisotopic (exact) mass is 275 g/mol. The van der Waals surface area contributed by atoms with Crippen LogP contribution in [0.15, 0.2) is 18.2 Å². The van der Waals surface area contributed by atoms with E-state index in [0.29, 0.717) is 12.1 Å². The summed E-state index contributed by atoms with van der Waals surface area (Å²) in [4.78, 5) is 13.6. The third kappa shape index (κ3) is 3.73. The van der Waals surface area contributed by atoms with Crippen molar-refractivity contribution < 1.29 is 4.79 Å². The first-order chi connectivity index (χ1) is 9.45. The molecule has 1 aromatic carbocycles. The van der Waals surface area contributed by atoms with Crippen molar-refractivity contribution in [2.75, 3.05) is 23.7 Å². The van der Waals surface area contributed by atoms with Crippen LogP contribution in [0.3, 0.4) is 0 Å². The van der Waals surface area contributed by atoms with Gasteiger partial charge in [-0.1, -0.05) is 0 Å². The van der Waals surface area contributed by atoms with Gasteiger partial charge in [-0.05, 0) is 51.0 Å². The molecular formula is C16H25N3O. The molecule has 0 aromatic heterocycles. The van der Waals surface area contributed by atoms with Gasteiger partial charge in [0.15, 0.2) is 0 Å². The lowest BCUT2D eigenvalue weighted by Crippen LogP contribution is -2.31. The van der Waals surface area contributed by atoms with Gasteiger partial charge in [-0.2, -0.15) is 0 Å². The number of carbonyl (C=O) groups excluding carboxylic acids is 1. The Morgan fingerprint density at radius 1 is 1.40 bits per heavy atom. The number of hydrogen-bond donors (Lipinski definition) is 2. The molecule has 1 saturated heterocycles. The molecule has 4 nitrogen and oxygen atoms in total. The number of aryl methyl sites for hydroxylation is 1. The fraction of sp³-hybridized carbons (Fsp3) is 0.562. The first-order valence-corrected chi connectivity index (χ1v) is 7.34. The number of hydrogen-bond acceptors (Lipinski definition) is 3. The van der Waals surface area contributed by atoms with Crippen LogP contribution in [0.2, 0.25) is 0 Å². The van der Waals surface area contributed by atoms with Crippen LogP contribution in [0, 0.1) is 6.92 Å². The Morgan fingerprint density at radius 2 is 2.15 bits per heavy atom. The molecule has 2 rings (SSSR count). The number of rotatable bonds is 4. The maximum atomic E-state index is 11.1. The predicted molar refractivity (Wildman–Crippen MR) is 84.2 cm³/mol. The van der Waals surface area contributed by atoms with Crippen LogP contribution in [0.5, 0.6) is 0 Å². The summed E-state index contributed by atoms with van der Waals surface area (Å²) in [6.45, 7) is 10.3. The number of likely N-dealkylation sites (tertiary alicyclic amines) is 1. The van der Waals surface area contributed by atoms with E-state index in [9.17, 15) is 4.79 Å². The quantitative estimate of drug-likeness (QED) is 0.888. The van der Waals surface area contributed by atoms with Gasteiger partial charge in [-0.15, -0.1) is 0 Å². The highest BCUT2D eigenvalue weighted by atomic mass is 16.1. The lowest BCUT2D eigenvalue weighted by molar-refractivity contribution is -0.114. The summed E-state index contributed by atoms with van der Waals surface area (Å²) in [6, 6.07) is 7.24. The molecule has 1 heterocycles. The number of amides is 1. The van der Waals surface area contributed by atoms with E-state index in [2.05, 4.69) is 35.4 Å².